The highest BCUT2D eigenvalue weighted by Crippen LogP contribution is 2.31. The number of nitrogens with zero attached hydrogens (tertiary/aromatic N) is 3. The molecule has 0 saturated heterocycles. The first-order valence-corrected chi connectivity index (χ1v) is 9.16. The average molecular weight is 355 g/mol. The summed E-state index contributed by atoms with van der Waals surface area (Å²) in [6.07, 6.45) is 0.820. The number of aromatic nitrogens is 2. The van der Waals surface area contributed by atoms with E-state index in [0.717, 1.165) is 23.1 Å². The molecule has 5 nitrogen and oxygen atoms in total. The van der Waals surface area contributed by atoms with Crippen LogP contribution < -0.4 is 0 Å². The van der Waals surface area contributed by atoms with Gasteiger partial charge in [0.15, 0.2) is 11.2 Å². The fraction of sp³-hybridized carbons (Fsp3) is 0.316. The maximum Gasteiger partial charge on any atom is 0.265 e. The zero-order chi connectivity index (χ0) is 18.1. The van der Waals surface area contributed by atoms with Crippen LogP contribution in [0.25, 0.3) is 16.2 Å². The highest BCUT2D eigenvalue weighted by atomic mass is 32.1. The molecule has 0 aliphatic rings. The minimum absolute atomic E-state index is 0.00765. The van der Waals surface area contributed by atoms with Crippen molar-refractivity contribution < 1.29 is 9.59 Å². The smallest absolute Gasteiger partial charge is 0.265 e. The summed E-state index contributed by atoms with van der Waals surface area (Å²) in [5, 5.41) is 0. The molecule has 0 aliphatic heterocycles. The predicted molar refractivity (Wildman–Crippen MR) is 101 cm³/mol. The standard InChI is InChI=1S/C19H21N3O2S/c1-5-21(6-2)18(24)17-13(4)22-15(11-23)16(20-19(22)25-17)14-9-7-12(3)8-10-14/h7-11H,5-6H2,1-4H3. The van der Waals surface area contributed by atoms with E-state index < -0.39 is 0 Å². The molecule has 25 heavy (non-hydrogen) atoms. The number of hydrogen-bond donors (Lipinski definition) is 0. The first kappa shape index (κ1) is 17.4. The Morgan fingerprint density at radius 1 is 1.20 bits per heavy atom. The van der Waals surface area contributed by atoms with Crippen LogP contribution in [0.3, 0.4) is 0 Å². The second-order valence-corrected chi connectivity index (χ2v) is 6.92. The molecule has 0 saturated carbocycles. The van der Waals surface area contributed by atoms with Gasteiger partial charge in [0.25, 0.3) is 5.91 Å². The van der Waals surface area contributed by atoms with Crippen molar-refractivity contribution >= 4 is 28.5 Å². The van der Waals surface area contributed by atoms with E-state index in [2.05, 4.69) is 4.98 Å². The largest absolute Gasteiger partial charge is 0.338 e. The van der Waals surface area contributed by atoms with Crippen LogP contribution in [0.4, 0.5) is 0 Å². The van der Waals surface area contributed by atoms with Crippen molar-refractivity contribution in [3.63, 3.8) is 0 Å². The molecule has 0 N–H and O–H groups in total. The Labute approximate surface area is 150 Å². The van der Waals surface area contributed by atoms with Gasteiger partial charge in [-0.15, -0.1) is 0 Å². The lowest BCUT2D eigenvalue weighted by atomic mass is 10.1. The van der Waals surface area contributed by atoms with E-state index in [0.29, 0.717) is 34.3 Å². The normalized spacial score (nSPS) is 11.0. The van der Waals surface area contributed by atoms with Crippen LogP contribution in [-0.2, 0) is 0 Å². The van der Waals surface area contributed by atoms with E-state index in [-0.39, 0.29) is 5.91 Å². The van der Waals surface area contributed by atoms with Gasteiger partial charge in [0.1, 0.15) is 16.3 Å². The number of thiazole rings is 1. The topological polar surface area (TPSA) is 54.7 Å². The monoisotopic (exact) mass is 355 g/mol. The molecular formula is C19H21N3O2S. The molecular weight excluding hydrogens is 334 g/mol. The highest BCUT2D eigenvalue weighted by molar-refractivity contribution is 7.19. The Morgan fingerprint density at radius 3 is 2.40 bits per heavy atom. The van der Waals surface area contributed by atoms with Crippen molar-refractivity contribution in [1.29, 1.82) is 0 Å². The highest BCUT2D eigenvalue weighted by Gasteiger charge is 2.24. The minimum Gasteiger partial charge on any atom is -0.338 e. The fourth-order valence-electron chi connectivity index (χ4n) is 2.96. The Bertz CT molecular complexity index is 934. The number of imidazole rings is 1. The number of aryl methyl sites for hydroxylation is 2. The number of carbonyl (C=O) groups is 2. The Hall–Kier alpha value is -2.47. The van der Waals surface area contributed by atoms with Crippen LogP contribution in [0, 0.1) is 13.8 Å². The lowest BCUT2D eigenvalue weighted by Gasteiger charge is -2.17. The Balaban J connectivity index is 2.15. The van der Waals surface area contributed by atoms with E-state index in [9.17, 15) is 9.59 Å². The fourth-order valence-corrected chi connectivity index (χ4v) is 4.06. The average Bonchev–Trinajstić information content (AvgIpc) is 3.13. The molecule has 6 heteroatoms. The van der Waals surface area contributed by atoms with Gasteiger partial charge in [-0.25, -0.2) is 4.98 Å². The number of hydrogen-bond acceptors (Lipinski definition) is 4. The van der Waals surface area contributed by atoms with Crippen molar-refractivity contribution in [1.82, 2.24) is 14.3 Å². The Morgan fingerprint density at radius 2 is 1.84 bits per heavy atom. The molecule has 0 unspecified atom stereocenters. The number of carbonyl (C=O) groups excluding carboxylic acids is 2. The van der Waals surface area contributed by atoms with Gasteiger partial charge in [0.05, 0.1) is 0 Å². The van der Waals surface area contributed by atoms with Crippen LogP contribution in [0.1, 0.15) is 45.3 Å². The van der Waals surface area contributed by atoms with Gasteiger partial charge in [-0.2, -0.15) is 0 Å². The van der Waals surface area contributed by atoms with Crippen LogP contribution >= 0.6 is 11.3 Å². The maximum absolute atomic E-state index is 12.7. The summed E-state index contributed by atoms with van der Waals surface area (Å²) in [4.78, 5) is 32.2. The number of aldehydes is 1. The summed E-state index contributed by atoms with van der Waals surface area (Å²) in [5.74, 6) is -0.00765. The molecule has 2 aromatic heterocycles. The van der Waals surface area contributed by atoms with Crippen LogP contribution in [0.15, 0.2) is 24.3 Å². The third-order valence-electron chi connectivity index (χ3n) is 4.42. The van der Waals surface area contributed by atoms with Gasteiger partial charge in [0.2, 0.25) is 0 Å². The zero-order valence-corrected chi connectivity index (χ0v) is 15.7. The molecule has 0 fully saturated rings. The molecule has 1 aromatic carbocycles. The molecule has 0 spiro atoms. The van der Waals surface area contributed by atoms with Crippen LogP contribution in [0.5, 0.6) is 0 Å². The summed E-state index contributed by atoms with van der Waals surface area (Å²) in [6.45, 7) is 9.12. The van der Waals surface area contributed by atoms with Crippen LogP contribution in [0.2, 0.25) is 0 Å². The second-order valence-electron chi connectivity index (χ2n) is 5.94. The number of rotatable bonds is 5. The summed E-state index contributed by atoms with van der Waals surface area (Å²) in [5.41, 5.74) is 3.97. The third kappa shape index (κ3) is 2.87. The first-order valence-electron chi connectivity index (χ1n) is 8.35. The van der Waals surface area contributed by atoms with Crippen LogP contribution in [-0.4, -0.2) is 39.6 Å². The molecule has 2 heterocycles. The number of amides is 1. The molecule has 1 amide bonds. The minimum atomic E-state index is -0.00765. The molecule has 0 bridgehead atoms. The lowest BCUT2D eigenvalue weighted by Crippen LogP contribution is -2.30. The summed E-state index contributed by atoms with van der Waals surface area (Å²) < 4.78 is 1.80. The summed E-state index contributed by atoms with van der Waals surface area (Å²) in [6, 6.07) is 7.93. The van der Waals surface area contributed by atoms with Crippen molar-refractivity contribution in [3.8, 4) is 11.3 Å². The SMILES string of the molecule is CCN(CC)C(=O)c1sc2nc(-c3ccc(C)cc3)c(C=O)n2c1C. The van der Waals surface area contributed by atoms with E-state index in [1.54, 1.807) is 9.30 Å². The van der Waals surface area contributed by atoms with Gasteiger partial charge in [-0.05, 0) is 27.7 Å². The third-order valence-corrected chi connectivity index (χ3v) is 5.55. The molecule has 0 atom stereocenters. The molecule has 0 radical (unpaired) electrons. The molecule has 3 aromatic rings. The van der Waals surface area contributed by atoms with Gasteiger partial charge in [0, 0.05) is 24.3 Å². The van der Waals surface area contributed by atoms with Crippen molar-refractivity contribution in [2.24, 2.45) is 0 Å². The molecule has 3 rings (SSSR count). The predicted octanol–water partition coefficient (Wildman–Crippen LogP) is 3.97. The van der Waals surface area contributed by atoms with Gasteiger partial charge in [-0.1, -0.05) is 41.2 Å². The number of fused-ring (bicyclic) bond motifs is 1. The summed E-state index contributed by atoms with van der Waals surface area (Å²) >= 11 is 1.34. The van der Waals surface area contributed by atoms with E-state index in [4.69, 9.17) is 0 Å². The van der Waals surface area contributed by atoms with E-state index in [1.807, 2.05) is 52.0 Å². The Kier molecular flexibility index (Phi) is 4.72. The summed E-state index contributed by atoms with van der Waals surface area (Å²) in [7, 11) is 0. The lowest BCUT2D eigenvalue weighted by molar-refractivity contribution is 0.0776. The zero-order valence-electron chi connectivity index (χ0n) is 14.9. The second kappa shape index (κ2) is 6.80. The van der Waals surface area contributed by atoms with Crippen molar-refractivity contribution in [2.75, 3.05) is 13.1 Å². The van der Waals surface area contributed by atoms with Crippen molar-refractivity contribution in [2.45, 2.75) is 27.7 Å². The van der Waals surface area contributed by atoms with Gasteiger partial charge in [-0.3, -0.25) is 14.0 Å². The first-order chi connectivity index (χ1) is 12.0. The maximum atomic E-state index is 12.7. The number of benzene rings is 1. The van der Waals surface area contributed by atoms with E-state index >= 15 is 0 Å². The molecule has 0 aliphatic carbocycles. The van der Waals surface area contributed by atoms with Crippen molar-refractivity contribution in [3.05, 3.63) is 46.1 Å². The molecule has 130 valence electrons. The van der Waals surface area contributed by atoms with E-state index in [1.165, 1.54) is 11.3 Å². The quantitative estimate of drug-likeness (QED) is 0.651. The van der Waals surface area contributed by atoms with Gasteiger partial charge >= 0.3 is 0 Å². The van der Waals surface area contributed by atoms with Gasteiger partial charge < -0.3 is 4.90 Å².